The number of hydrogen-bond donors (Lipinski definition) is 1. The Balaban J connectivity index is 2.33. The average Bonchev–Trinajstić information content (AvgIpc) is 2.70. The van der Waals surface area contributed by atoms with Crippen LogP contribution in [0.1, 0.15) is 44.0 Å². The molecule has 0 amide bonds. The van der Waals surface area contributed by atoms with Crippen molar-refractivity contribution in [2.24, 2.45) is 7.05 Å². The minimum atomic E-state index is 0.378. The highest BCUT2D eigenvalue weighted by atomic mass is 15.1. The second-order valence-corrected chi connectivity index (χ2v) is 4.16. The molecule has 0 radical (unpaired) electrons. The van der Waals surface area contributed by atoms with Crippen LogP contribution in [0.2, 0.25) is 0 Å². The van der Waals surface area contributed by atoms with Crippen molar-refractivity contribution in [3.05, 3.63) is 30.9 Å². The van der Waals surface area contributed by atoms with Gasteiger partial charge in [-0.1, -0.05) is 18.9 Å². The van der Waals surface area contributed by atoms with Crippen LogP contribution < -0.4 is 5.32 Å². The van der Waals surface area contributed by atoms with Gasteiger partial charge in [-0.3, -0.25) is 0 Å². The molecule has 90 valence electrons. The average molecular weight is 221 g/mol. The molecule has 3 nitrogen and oxygen atoms in total. The summed E-state index contributed by atoms with van der Waals surface area (Å²) in [7, 11) is 4.05. The Kier molecular flexibility index (Phi) is 5.86. The molecule has 0 spiro atoms. The van der Waals surface area contributed by atoms with Gasteiger partial charge in [-0.15, -0.1) is 6.58 Å². The van der Waals surface area contributed by atoms with E-state index in [9.17, 15) is 0 Å². The van der Waals surface area contributed by atoms with Crippen molar-refractivity contribution >= 4 is 0 Å². The lowest BCUT2D eigenvalue weighted by Gasteiger charge is -2.15. The molecule has 0 saturated heterocycles. The van der Waals surface area contributed by atoms with Crippen molar-refractivity contribution in [1.82, 2.24) is 14.9 Å². The number of hydrogen-bond acceptors (Lipinski definition) is 2. The summed E-state index contributed by atoms with van der Waals surface area (Å²) in [6.45, 7) is 3.74. The van der Waals surface area contributed by atoms with E-state index in [4.69, 9.17) is 0 Å². The third-order valence-corrected chi connectivity index (χ3v) is 2.92. The number of aryl methyl sites for hydroxylation is 1. The maximum atomic E-state index is 4.39. The number of nitrogens with zero attached hydrogens (tertiary/aromatic N) is 2. The molecule has 16 heavy (non-hydrogen) atoms. The Morgan fingerprint density at radius 2 is 2.31 bits per heavy atom. The fourth-order valence-electron chi connectivity index (χ4n) is 1.93. The zero-order valence-electron chi connectivity index (χ0n) is 10.4. The first kappa shape index (κ1) is 13.0. The Hall–Kier alpha value is -1.09. The molecule has 1 heterocycles. The van der Waals surface area contributed by atoms with Crippen LogP contribution in [0.3, 0.4) is 0 Å². The van der Waals surface area contributed by atoms with Crippen LogP contribution in [0.4, 0.5) is 0 Å². The van der Waals surface area contributed by atoms with Gasteiger partial charge in [0.05, 0.1) is 6.04 Å². The maximum absolute atomic E-state index is 4.39. The summed E-state index contributed by atoms with van der Waals surface area (Å²) in [6, 6.07) is 0.378. The second kappa shape index (κ2) is 7.23. The summed E-state index contributed by atoms with van der Waals surface area (Å²) in [5, 5.41) is 3.33. The molecule has 0 aliphatic rings. The third kappa shape index (κ3) is 3.81. The number of imidazole rings is 1. The number of allylic oxidation sites excluding steroid dienone is 1. The van der Waals surface area contributed by atoms with Gasteiger partial charge in [-0.05, 0) is 26.3 Å². The van der Waals surface area contributed by atoms with Gasteiger partial charge in [0, 0.05) is 19.4 Å². The van der Waals surface area contributed by atoms with Gasteiger partial charge in [0.2, 0.25) is 0 Å². The number of nitrogens with one attached hydrogen (secondary N) is 1. The maximum Gasteiger partial charge on any atom is 0.125 e. The Bertz CT molecular complexity index is 304. The van der Waals surface area contributed by atoms with Crippen molar-refractivity contribution < 1.29 is 0 Å². The summed E-state index contributed by atoms with van der Waals surface area (Å²) in [6.07, 6.45) is 11.9. The summed E-state index contributed by atoms with van der Waals surface area (Å²) < 4.78 is 2.09. The fourth-order valence-corrected chi connectivity index (χ4v) is 1.93. The normalized spacial score (nSPS) is 12.6. The van der Waals surface area contributed by atoms with Crippen LogP contribution in [0.15, 0.2) is 25.0 Å². The monoisotopic (exact) mass is 221 g/mol. The predicted molar refractivity (Wildman–Crippen MR) is 68.3 cm³/mol. The lowest BCUT2D eigenvalue weighted by atomic mass is 10.1. The first-order chi connectivity index (χ1) is 7.79. The van der Waals surface area contributed by atoms with Crippen LogP contribution in [0.5, 0.6) is 0 Å². The molecule has 0 saturated carbocycles. The number of aromatic nitrogens is 2. The minimum Gasteiger partial charge on any atom is -0.337 e. The minimum absolute atomic E-state index is 0.378. The number of unbranched alkanes of at least 4 members (excludes halogenated alkanes) is 3. The molecule has 1 aromatic heterocycles. The summed E-state index contributed by atoms with van der Waals surface area (Å²) >= 11 is 0. The first-order valence-electron chi connectivity index (χ1n) is 6.05. The molecule has 0 bridgehead atoms. The van der Waals surface area contributed by atoms with Gasteiger partial charge < -0.3 is 9.88 Å². The molecule has 0 aromatic carbocycles. The highest BCUT2D eigenvalue weighted by Crippen LogP contribution is 2.17. The lowest BCUT2D eigenvalue weighted by molar-refractivity contribution is 0.475. The first-order valence-corrected chi connectivity index (χ1v) is 6.05. The summed E-state index contributed by atoms with van der Waals surface area (Å²) in [4.78, 5) is 4.39. The lowest BCUT2D eigenvalue weighted by Crippen LogP contribution is -2.19. The molecule has 1 aromatic rings. The smallest absolute Gasteiger partial charge is 0.125 e. The highest BCUT2D eigenvalue weighted by Gasteiger charge is 2.12. The van der Waals surface area contributed by atoms with E-state index >= 15 is 0 Å². The molecular weight excluding hydrogens is 198 g/mol. The zero-order valence-corrected chi connectivity index (χ0v) is 10.4. The molecule has 0 fully saturated rings. The van der Waals surface area contributed by atoms with Crippen molar-refractivity contribution in [3.63, 3.8) is 0 Å². The SMILES string of the molecule is C=CCCCCCC(NC)c1nccn1C. The van der Waals surface area contributed by atoms with E-state index in [0.29, 0.717) is 6.04 Å². The molecule has 0 aliphatic carbocycles. The van der Waals surface area contributed by atoms with Crippen molar-refractivity contribution in [2.75, 3.05) is 7.05 Å². The Labute approximate surface area is 98.6 Å². The van der Waals surface area contributed by atoms with Crippen LogP contribution in [-0.4, -0.2) is 16.6 Å². The number of rotatable bonds is 8. The van der Waals surface area contributed by atoms with Gasteiger partial charge in [0.15, 0.2) is 0 Å². The summed E-state index contributed by atoms with van der Waals surface area (Å²) in [5.74, 6) is 1.13. The largest absolute Gasteiger partial charge is 0.337 e. The Morgan fingerprint density at radius 3 is 2.88 bits per heavy atom. The molecule has 0 aliphatic heterocycles. The highest BCUT2D eigenvalue weighted by molar-refractivity contribution is 4.98. The van der Waals surface area contributed by atoms with Crippen LogP contribution in [-0.2, 0) is 7.05 Å². The molecule has 1 rings (SSSR count). The van der Waals surface area contributed by atoms with E-state index < -0.39 is 0 Å². The molecule has 1 N–H and O–H groups in total. The fraction of sp³-hybridized carbons (Fsp3) is 0.615. The van der Waals surface area contributed by atoms with Crippen molar-refractivity contribution in [3.8, 4) is 0 Å². The van der Waals surface area contributed by atoms with Crippen LogP contribution in [0, 0.1) is 0 Å². The van der Waals surface area contributed by atoms with Crippen LogP contribution >= 0.6 is 0 Å². The molecular formula is C13H23N3. The van der Waals surface area contributed by atoms with Gasteiger partial charge in [0.1, 0.15) is 5.82 Å². The van der Waals surface area contributed by atoms with Gasteiger partial charge in [-0.2, -0.15) is 0 Å². The molecule has 1 unspecified atom stereocenters. The van der Waals surface area contributed by atoms with Gasteiger partial charge >= 0.3 is 0 Å². The quantitative estimate of drug-likeness (QED) is 0.540. The molecule has 1 atom stereocenters. The predicted octanol–water partition coefficient (Wildman–Crippen LogP) is 2.82. The Morgan fingerprint density at radius 1 is 1.50 bits per heavy atom. The van der Waals surface area contributed by atoms with Crippen LogP contribution in [0.25, 0.3) is 0 Å². The topological polar surface area (TPSA) is 29.9 Å². The van der Waals surface area contributed by atoms with E-state index in [1.165, 1.54) is 19.3 Å². The molecule has 3 heteroatoms. The van der Waals surface area contributed by atoms with Gasteiger partial charge in [-0.25, -0.2) is 4.98 Å². The van der Waals surface area contributed by atoms with E-state index in [-0.39, 0.29) is 0 Å². The van der Waals surface area contributed by atoms with Crippen molar-refractivity contribution in [1.29, 1.82) is 0 Å². The zero-order chi connectivity index (χ0) is 11.8. The van der Waals surface area contributed by atoms with E-state index in [0.717, 1.165) is 18.7 Å². The second-order valence-electron chi connectivity index (χ2n) is 4.16. The van der Waals surface area contributed by atoms with E-state index in [2.05, 4.69) is 21.4 Å². The van der Waals surface area contributed by atoms with E-state index in [1.54, 1.807) is 0 Å². The third-order valence-electron chi connectivity index (χ3n) is 2.92. The van der Waals surface area contributed by atoms with Crippen molar-refractivity contribution in [2.45, 2.75) is 38.1 Å². The van der Waals surface area contributed by atoms with Gasteiger partial charge in [0.25, 0.3) is 0 Å². The summed E-state index contributed by atoms with van der Waals surface area (Å²) in [5.41, 5.74) is 0. The standard InChI is InChI=1S/C13H23N3/c1-4-5-6-7-8-9-12(14-2)13-15-10-11-16(13)3/h4,10-12,14H,1,5-9H2,2-3H3. The van der Waals surface area contributed by atoms with E-state index in [1.807, 2.05) is 32.6 Å².